The predicted octanol–water partition coefficient (Wildman–Crippen LogP) is 3.03. The van der Waals surface area contributed by atoms with Gasteiger partial charge in [0.15, 0.2) is 5.82 Å². The molecule has 0 amide bonds. The lowest BCUT2D eigenvalue weighted by molar-refractivity contribution is -0.0979. The second-order valence-corrected chi connectivity index (χ2v) is 6.49. The van der Waals surface area contributed by atoms with E-state index in [1.165, 1.54) is 10.7 Å². The van der Waals surface area contributed by atoms with Gasteiger partial charge in [-0.25, -0.2) is 9.07 Å². The summed E-state index contributed by atoms with van der Waals surface area (Å²) in [5.74, 6) is 0.362. The van der Waals surface area contributed by atoms with Crippen molar-refractivity contribution in [2.24, 2.45) is 10.9 Å². The number of ether oxygens (including phenoxy) is 1. The van der Waals surface area contributed by atoms with E-state index in [1.807, 2.05) is 31.1 Å². The molecular weight excluding hydrogens is 389 g/mol. The van der Waals surface area contributed by atoms with Crippen LogP contribution in [-0.2, 0) is 4.79 Å². The fourth-order valence-corrected chi connectivity index (χ4v) is 2.92. The number of anilines is 1. The van der Waals surface area contributed by atoms with Gasteiger partial charge in [0.25, 0.3) is 0 Å². The zero-order chi connectivity index (χ0) is 22.1. The van der Waals surface area contributed by atoms with E-state index < -0.39 is 11.9 Å². The van der Waals surface area contributed by atoms with Gasteiger partial charge < -0.3 is 20.2 Å². The molecule has 1 atom stereocenters. The highest BCUT2D eigenvalue weighted by Gasteiger charge is 2.13. The van der Waals surface area contributed by atoms with Gasteiger partial charge in [-0.2, -0.15) is 10.0 Å². The van der Waals surface area contributed by atoms with Crippen LogP contribution < -0.4 is 15.4 Å². The van der Waals surface area contributed by atoms with Crippen LogP contribution in [0.4, 0.5) is 10.1 Å². The van der Waals surface area contributed by atoms with Crippen LogP contribution in [0.15, 0.2) is 60.0 Å². The van der Waals surface area contributed by atoms with Gasteiger partial charge in [0.2, 0.25) is 0 Å². The Morgan fingerprint density at radius 3 is 2.53 bits per heavy atom. The smallest absolute Gasteiger partial charge is 0.150 e. The van der Waals surface area contributed by atoms with E-state index in [0.29, 0.717) is 17.9 Å². The summed E-state index contributed by atoms with van der Waals surface area (Å²) >= 11 is 0. The third-order valence-electron chi connectivity index (χ3n) is 4.44. The molecule has 0 bridgehead atoms. The Bertz CT molecular complexity index is 962. The summed E-state index contributed by atoms with van der Waals surface area (Å²) in [7, 11) is 3.40. The molecule has 0 radical (unpaired) electrons. The Hall–Kier alpha value is -3.59. The van der Waals surface area contributed by atoms with Crippen molar-refractivity contribution in [3.8, 4) is 22.6 Å². The molecule has 2 N–H and O–H groups in total. The number of nitrogens with zero attached hydrogens (tertiary/aromatic N) is 4. The molecule has 0 aliphatic heterocycles. The lowest BCUT2D eigenvalue weighted by atomic mass is 10.1. The van der Waals surface area contributed by atoms with Crippen LogP contribution in [0.5, 0.6) is 5.75 Å². The van der Waals surface area contributed by atoms with Crippen LogP contribution in [0, 0.1) is 10.7 Å². The van der Waals surface area contributed by atoms with Crippen molar-refractivity contribution in [2.45, 2.75) is 6.04 Å². The van der Waals surface area contributed by atoms with Crippen LogP contribution in [0.25, 0.3) is 16.8 Å². The monoisotopic (exact) mass is 413 g/mol. The van der Waals surface area contributed by atoms with Crippen molar-refractivity contribution < 1.29 is 13.9 Å². The predicted molar refractivity (Wildman–Crippen MR) is 115 cm³/mol. The van der Waals surface area contributed by atoms with Gasteiger partial charge in [-0.1, -0.05) is 17.3 Å². The number of hydrogen-bond donors (Lipinski definition) is 1. The van der Waals surface area contributed by atoms with Crippen LogP contribution in [0.3, 0.4) is 0 Å². The van der Waals surface area contributed by atoms with E-state index in [1.54, 1.807) is 43.6 Å². The molecular formula is C21H24FN5O3. The van der Waals surface area contributed by atoms with Crippen molar-refractivity contribution in [3.05, 3.63) is 65.6 Å². The normalized spacial score (nSPS) is 11.2. The van der Waals surface area contributed by atoms with Gasteiger partial charge >= 0.3 is 0 Å². The molecule has 0 fully saturated rings. The highest BCUT2D eigenvalue weighted by molar-refractivity contribution is 5.63. The Balaban J connectivity index is 0.00000155. The molecule has 1 unspecified atom stereocenters. The molecule has 0 aliphatic rings. The van der Waals surface area contributed by atoms with Crippen molar-refractivity contribution in [2.75, 3.05) is 32.1 Å². The summed E-state index contributed by atoms with van der Waals surface area (Å²) in [5.41, 5.74) is 8.64. The summed E-state index contributed by atoms with van der Waals surface area (Å²) in [6.45, 7) is 2.42. The molecule has 1 aromatic heterocycles. The van der Waals surface area contributed by atoms with E-state index >= 15 is 0 Å². The number of rotatable bonds is 8. The molecule has 3 aromatic rings. The van der Waals surface area contributed by atoms with Gasteiger partial charge in [-0.05, 0) is 35.9 Å². The van der Waals surface area contributed by atoms with Gasteiger partial charge in [0, 0.05) is 37.1 Å². The molecule has 3 rings (SSSR count). The van der Waals surface area contributed by atoms with E-state index in [-0.39, 0.29) is 6.54 Å². The minimum absolute atomic E-state index is 0.0202. The Morgan fingerprint density at radius 2 is 1.93 bits per heavy atom. The Labute approximate surface area is 174 Å². The van der Waals surface area contributed by atoms with E-state index in [2.05, 4.69) is 10.3 Å². The quantitative estimate of drug-likeness (QED) is 0.570. The standard InChI is InChI=1S/C20H22FN5O2.CH2O/c1-25(13-16(22)11-24-27)17-5-8-20(19(21)9-17)26-12-15(10-23-26)14-3-6-18(28-2)7-4-14;1-2/h3-10,12,16H,11,13,22H2,1-2H3;1H2. The first-order chi connectivity index (χ1) is 14.5. The molecule has 0 saturated carbocycles. The fourth-order valence-electron chi connectivity index (χ4n) is 2.92. The van der Waals surface area contributed by atoms with Crippen molar-refractivity contribution in [3.63, 3.8) is 0 Å². The number of likely N-dealkylation sites (N-methyl/N-ethyl adjacent to an activating group) is 1. The second kappa shape index (κ2) is 10.8. The molecule has 1 heterocycles. The second-order valence-electron chi connectivity index (χ2n) is 6.49. The molecule has 0 spiro atoms. The topological polar surface area (TPSA) is 103 Å². The minimum atomic E-state index is -0.407. The van der Waals surface area contributed by atoms with Gasteiger partial charge in [0.1, 0.15) is 18.2 Å². The van der Waals surface area contributed by atoms with E-state index in [4.69, 9.17) is 15.3 Å². The summed E-state index contributed by atoms with van der Waals surface area (Å²) in [5, 5.41) is 7.07. The number of carbonyl (C=O) groups excluding carboxylic acids is 1. The first kappa shape index (κ1) is 22.7. The van der Waals surface area contributed by atoms with Crippen molar-refractivity contribution in [1.82, 2.24) is 9.78 Å². The number of aromatic nitrogens is 2. The SMILES string of the molecule is C=O.COc1ccc(-c2cnn(-c3ccc(N(C)CC(N)CN=O)cc3F)c2)cc1. The first-order valence-corrected chi connectivity index (χ1v) is 9.05. The number of hydrogen-bond acceptors (Lipinski definition) is 7. The molecule has 0 aliphatic carbocycles. The number of nitroso groups, excluding NO2 is 1. The summed E-state index contributed by atoms with van der Waals surface area (Å²) < 4.78 is 21.3. The molecule has 0 saturated heterocycles. The first-order valence-electron chi connectivity index (χ1n) is 9.05. The largest absolute Gasteiger partial charge is 0.497 e. The average Bonchev–Trinajstić information content (AvgIpc) is 3.25. The van der Waals surface area contributed by atoms with E-state index in [0.717, 1.165) is 16.9 Å². The fraction of sp³-hybridized carbons (Fsp3) is 0.238. The maximum Gasteiger partial charge on any atom is 0.150 e. The van der Waals surface area contributed by atoms with Crippen molar-refractivity contribution >= 4 is 12.5 Å². The van der Waals surface area contributed by atoms with Gasteiger partial charge in [-0.3, -0.25) is 0 Å². The van der Waals surface area contributed by atoms with Gasteiger partial charge in [-0.15, -0.1) is 0 Å². The zero-order valence-electron chi connectivity index (χ0n) is 16.9. The number of methoxy groups -OCH3 is 1. The number of benzene rings is 2. The highest BCUT2D eigenvalue weighted by Crippen LogP contribution is 2.25. The van der Waals surface area contributed by atoms with E-state index in [9.17, 15) is 9.30 Å². The maximum atomic E-state index is 14.7. The van der Waals surface area contributed by atoms with Crippen LogP contribution in [0.2, 0.25) is 0 Å². The van der Waals surface area contributed by atoms with Crippen LogP contribution in [-0.4, -0.2) is 49.9 Å². The van der Waals surface area contributed by atoms with Crippen LogP contribution >= 0.6 is 0 Å². The molecule has 30 heavy (non-hydrogen) atoms. The molecule has 158 valence electrons. The zero-order valence-corrected chi connectivity index (χ0v) is 16.9. The average molecular weight is 413 g/mol. The number of halogens is 1. The van der Waals surface area contributed by atoms with Crippen LogP contribution in [0.1, 0.15) is 0 Å². The summed E-state index contributed by atoms with van der Waals surface area (Å²) in [6.07, 6.45) is 3.46. The third kappa shape index (κ3) is 5.48. The highest BCUT2D eigenvalue weighted by atomic mass is 19.1. The number of nitrogens with two attached hydrogens (primary N) is 1. The lowest BCUT2D eigenvalue weighted by Crippen LogP contribution is -2.37. The maximum absolute atomic E-state index is 14.7. The molecule has 9 heteroatoms. The summed E-state index contributed by atoms with van der Waals surface area (Å²) in [6, 6.07) is 12.0. The third-order valence-corrected chi connectivity index (χ3v) is 4.44. The van der Waals surface area contributed by atoms with Gasteiger partial charge in [0.05, 0.1) is 19.9 Å². The van der Waals surface area contributed by atoms with Crippen molar-refractivity contribution in [1.29, 1.82) is 0 Å². The lowest BCUT2D eigenvalue weighted by Gasteiger charge is -2.22. The number of carbonyl (C=O) groups is 1. The molecule has 2 aromatic carbocycles. The Kier molecular flexibility index (Phi) is 8.18. The summed E-state index contributed by atoms with van der Waals surface area (Å²) in [4.78, 5) is 20.1. The Morgan fingerprint density at radius 1 is 1.23 bits per heavy atom. The molecule has 8 nitrogen and oxygen atoms in total. The minimum Gasteiger partial charge on any atom is -0.497 e.